The number of aliphatic imine (C=N–C) groups is 1. The number of nitrogens with zero attached hydrogens (tertiary/aromatic N) is 1. The van der Waals surface area contributed by atoms with Crippen molar-refractivity contribution in [3.05, 3.63) is 59.7 Å². The molecule has 0 radical (unpaired) electrons. The Labute approximate surface area is 173 Å². The molecule has 0 saturated carbocycles. The predicted octanol–water partition coefficient (Wildman–Crippen LogP) is 0.781. The number of amides is 3. The number of carbonyl (C=O) groups is 3. The van der Waals surface area contributed by atoms with E-state index in [2.05, 4.69) is 20.9 Å². The largest absolute Gasteiger partial charge is 0.370 e. The number of rotatable bonds is 7. The molecule has 9 nitrogen and oxygen atoms in total. The highest BCUT2D eigenvalue weighted by molar-refractivity contribution is 6.04. The van der Waals surface area contributed by atoms with Gasteiger partial charge < -0.3 is 27.4 Å². The summed E-state index contributed by atoms with van der Waals surface area (Å²) in [5.41, 5.74) is 13.3. The summed E-state index contributed by atoms with van der Waals surface area (Å²) in [5.74, 6) is -0.569. The molecule has 0 spiro atoms. The number of carbonyl (C=O) groups excluding carboxylic acids is 3. The fourth-order valence-corrected chi connectivity index (χ4v) is 3.11. The van der Waals surface area contributed by atoms with Crippen molar-refractivity contribution in [1.29, 1.82) is 0 Å². The average Bonchev–Trinajstić information content (AvgIpc) is 3.15. The second kappa shape index (κ2) is 9.55. The maximum absolute atomic E-state index is 12.4. The molecule has 156 valence electrons. The van der Waals surface area contributed by atoms with Gasteiger partial charge in [-0.05, 0) is 54.8 Å². The van der Waals surface area contributed by atoms with Crippen molar-refractivity contribution < 1.29 is 14.4 Å². The van der Waals surface area contributed by atoms with Gasteiger partial charge in [0, 0.05) is 24.2 Å². The van der Waals surface area contributed by atoms with E-state index in [1.54, 1.807) is 30.3 Å². The van der Waals surface area contributed by atoms with Crippen molar-refractivity contribution in [3.8, 4) is 0 Å². The molecule has 1 saturated heterocycles. The molecule has 1 aliphatic heterocycles. The lowest BCUT2D eigenvalue weighted by atomic mass is 10.1. The van der Waals surface area contributed by atoms with E-state index in [0.29, 0.717) is 42.7 Å². The van der Waals surface area contributed by atoms with Crippen LogP contribution in [0.5, 0.6) is 0 Å². The lowest BCUT2D eigenvalue weighted by molar-refractivity contribution is -0.125. The summed E-state index contributed by atoms with van der Waals surface area (Å²) >= 11 is 0. The maximum atomic E-state index is 12.4. The van der Waals surface area contributed by atoms with Crippen LogP contribution in [0.2, 0.25) is 0 Å². The van der Waals surface area contributed by atoms with Gasteiger partial charge in [-0.15, -0.1) is 0 Å². The van der Waals surface area contributed by atoms with E-state index in [4.69, 9.17) is 11.5 Å². The van der Waals surface area contributed by atoms with Crippen LogP contribution in [0.3, 0.4) is 0 Å². The first-order valence-corrected chi connectivity index (χ1v) is 9.58. The number of nitrogens with two attached hydrogens (primary N) is 2. The molecule has 3 amide bonds. The Morgan fingerprint density at radius 2 is 1.90 bits per heavy atom. The van der Waals surface area contributed by atoms with E-state index in [0.717, 1.165) is 5.56 Å². The molecule has 2 aromatic carbocycles. The van der Waals surface area contributed by atoms with Gasteiger partial charge in [0.05, 0.1) is 5.69 Å². The molecule has 7 N–H and O–H groups in total. The summed E-state index contributed by atoms with van der Waals surface area (Å²) in [7, 11) is 0. The first-order valence-electron chi connectivity index (χ1n) is 9.58. The van der Waals surface area contributed by atoms with E-state index < -0.39 is 6.04 Å². The molecule has 0 aliphatic carbocycles. The lowest BCUT2D eigenvalue weighted by Gasteiger charge is -2.11. The zero-order valence-corrected chi connectivity index (χ0v) is 16.4. The first kappa shape index (κ1) is 20.8. The molecular formula is C21H24N6O3. The van der Waals surface area contributed by atoms with Crippen molar-refractivity contribution >= 4 is 35.1 Å². The summed E-state index contributed by atoms with van der Waals surface area (Å²) in [6.07, 6.45) is 1.51. The van der Waals surface area contributed by atoms with Crippen LogP contribution < -0.4 is 27.4 Å². The van der Waals surface area contributed by atoms with Crippen LogP contribution in [-0.2, 0) is 16.0 Å². The van der Waals surface area contributed by atoms with Crippen molar-refractivity contribution in [1.82, 2.24) is 10.6 Å². The smallest absolute Gasteiger partial charge is 0.255 e. The number of nitrogens with one attached hydrogen (secondary N) is 3. The summed E-state index contributed by atoms with van der Waals surface area (Å²) in [5, 5.41) is 8.32. The summed E-state index contributed by atoms with van der Waals surface area (Å²) in [4.78, 5) is 39.6. The molecule has 2 aromatic rings. The van der Waals surface area contributed by atoms with Crippen LogP contribution in [0, 0.1) is 0 Å². The molecule has 0 bridgehead atoms. The number of hydrogen-bond acceptors (Lipinski definition) is 4. The fraction of sp³-hybridized carbons (Fsp3) is 0.238. The number of anilines is 1. The van der Waals surface area contributed by atoms with Crippen LogP contribution in [-0.4, -0.2) is 36.3 Å². The summed E-state index contributed by atoms with van der Waals surface area (Å²) in [6, 6.07) is 13.5. The van der Waals surface area contributed by atoms with Crippen molar-refractivity contribution in [2.45, 2.75) is 25.3 Å². The predicted molar refractivity (Wildman–Crippen MR) is 114 cm³/mol. The van der Waals surface area contributed by atoms with Crippen molar-refractivity contribution in [3.63, 3.8) is 0 Å². The topological polar surface area (TPSA) is 152 Å². The maximum Gasteiger partial charge on any atom is 0.255 e. The van der Waals surface area contributed by atoms with Crippen molar-refractivity contribution in [2.75, 3.05) is 11.9 Å². The molecule has 1 aliphatic rings. The lowest BCUT2D eigenvalue weighted by Crippen LogP contribution is -2.42. The second-order valence-corrected chi connectivity index (χ2v) is 6.94. The Morgan fingerprint density at radius 3 is 2.57 bits per heavy atom. The van der Waals surface area contributed by atoms with Crippen molar-refractivity contribution in [2.24, 2.45) is 16.5 Å². The van der Waals surface area contributed by atoms with Gasteiger partial charge in [-0.2, -0.15) is 0 Å². The standard InChI is InChI=1S/C21H24N6O3/c22-21(23)26-15-6-4-14(5-7-15)19(29)25-16-3-1-2-13(12-16)10-11-24-20(30)17-8-9-18(28)27-17/h1-7,12,17H,8-11H2,(H,24,30)(H,25,29)(H,27,28)(H4,22,23,26). The number of guanidine groups is 1. The molecule has 1 unspecified atom stereocenters. The van der Waals surface area contributed by atoms with Crippen LogP contribution in [0.1, 0.15) is 28.8 Å². The molecule has 1 heterocycles. The van der Waals surface area contributed by atoms with Crippen LogP contribution in [0.15, 0.2) is 53.5 Å². The fourth-order valence-electron chi connectivity index (χ4n) is 3.11. The third kappa shape index (κ3) is 5.81. The molecule has 30 heavy (non-hydrogen) atoms. The average molecular weight is 408 g/mol. The Kier molecular flexibility index (Phi) is 6.63. The quantitative estimate of drug-likeness (QED) is 0.339. The highest BCUT2D eigenvalue weighted by atomic mass is 16.2. The zero-order valence-electron chi connectivity index (χ0n) is 16.4. The SMILES string of the molecule is NC(N)=Nc1ccc(C(=O)Nc2cccc(CCNC(=O)C3CCC(=O)N3)c2)cc1. The Hall–Kier alpha value is -3.88. The van der Waals surface area contributed by atoms with E-state index in [1.165, 1.54) is 0 Å². The minimum atomic E-state index is -0.443. The van der Waals surface area contributed by atoms with Gasteiger partial charge >= 0.3 is 0 Å². The second-order valence-electron chi connectivity index (χ2n) is 6.94. The number of benzene rings is 2. The molecular weight excluding hydrogens is 384 g/mol. The van der Waals surface area contributed by atoms with E-state index in [-0.39, 0.29) is 23.7 Å². The van der Waals surface area contributed by atoms with Crippen LogP contribution >= 0.6 is 0 Å². The normalized spacial score (nSPS) is 15.2. The van der Waals surface area contributed by atoms with E-state index >= 15 is 0 Å². The third-order valence-corrected chi connectivity index (χ3v) is 4.60. The monoisotopic (exact) mass is 408 g/mol. The van der Waals surface area contributed by atoms with Crippen LogP contribution in [0.25, 0.3) is 0 Å². The van der Waals surface area contributed by atoms with Gasteiger partial charge in [-0.1, -0.05) is 12.1 Å². The highest BCUT2D eigenvalue weighted by Crippen LogP contribution is 2.16. The molecule has 0 aromatic heterocycles. The van der Waals surface area contributed by atoms with Crippen LogP contribution in [0.4, 0.5) is 11.4 Å². The Bertz CT molecular complexity index is 967. The van der Waals surface area contributed by atoms with E-state index in [1.807, 2.05) is 18.2 Å². The van der Waals surface area contributed by atoms with Gasteiger partial charge in [0.2, 0.25) is 11.8 Å². The molecule has 3 rings (SSSR count). The summed E-state index contributed by atoms with van der Waals surface area (Å²) in [6.45, 7) is 0.439. The number of hydrogen-bond donors (Lipinski definition) is 5. The molecule has 9 heteroatoms. The van der Waals surface area contributed by atoms with Gasteiger partial charge in [-0.3, -0.25) is 14.4 Å². The minimum Gasteiger partial charge on any atom is -0.370 e. The molecule has 1 atom stereocenters. The van der Waals surface area contributed by atoms with Gasteiger partial charge in [-0.25, -0.2) is 4.99 Å². The van der Waals surface area contributed by atoms with E-state index in [9.17, 15) is 14.4 Å². The van der Waals surface area contributed by atoms with Gasteiger partial charge in [0.15, 0.2) is 5.96 Å². The first-order chi connectivity index (χ1) is 14.4. The minimum absolute atomic E-state index is 0.0480. The Morgan fingerprint density at radius 1 is 1.13 bits per heavy atom. The Balaban J connectivity index is 1.52. The third-order valence-electron chi connectivity index (χ3n) is 4.60. The highest BCUT2D eigenvalue weighted by Gasteiger charge is 2.26. The van der Waals surface area contributed by atoms with Gasteiger partial charge in [0.25, 0.3) is 5.91 Å². The van der Waals surface area contributed by atoms with Gasteiger partial charge in [0.1, 0.15) is 6.04 Å². The summed E-state index contributed by atoms with van der Waals surface area (Å²) < 4.78 is 0. The zero-order chi connectivity index (χ0) is 21.5. The molecule has 1 fully saturated rings.